The van der Waals surface area contributed by atoms with Gasteiger partial charge in [-0.2, -0.15) is 0 Å². The Morgan fingerprint density at radius 2 is 2.22 bits per heavy atom. The fourth-order valence-electron chi connectivity index (χ4n) is 2.94. The zero-order valence-electron chi connectivity index (χ0n) is 15.0. The summed E-state index contributed by atoms with van der Waals surface area (Å²) in [5.41, 5.74) is 2.07. The summed E-state index contributed by atoms with van der Waals surface area (Å²) in [6.45, 7) is 2.66. The van der Waals surface area contributed by atoms with E-state index in [0.717, 1.165) is 15.3 Å². The van der Waals surface area contributed by atoms with Crippen LogP contribution in [0, 0.1) is 0 Å². The number of likely N-dealkylation sites (tertiary alicyclic amines) is 1. The molecule has 0 bridgehead atoms. The number of aliphatic hydroxyl groups excluding tert-OH is 1. The largest absolute Gasteiger partial charge is 0.389 e. The van der Waals surface area contributed by atoms with E-state index >= 15 is 0 Å². The summed E-state index contributed by atoms with van der Waals surface area (Å²) in [6.07, 6.45) is 3.06. The van der Waals surface area contributed by atoms with Gasteiger partial charge in [0.1, 0.15) is 0 Å². The number of aromatic nitrogens is 3. The number of β-amino-alcohol motifs (C(OH)–C–C–N with tert-alkyl or cyclic N) is 1. The smallest absolute Gasteiger partial charge is 0.274 e. The molecular formula is C18H20N6O2S. The maximum absolute atomic E-state index is 12.9. The van der Waals surface area contributed by atoms with E-state index in [1.54, 1.807) is 17.3 Å². The third kappa shape index (κ3) is 3.43. The number of carbonyl (C=O) groups excluding carboxylic acids is 1. The van der Waals surface area contributed by atoms with Crippen LogP contribution in [0.2, 0.25) is 0 Å². The number of pyridine rings is 1. The Morgan fingerprint density at radius 3 is 2.89 bits per heavy atom. The number of rotatable bonds is 5. The van der Waals surface area contributed by atoms with Crippen LogP contribution in [-0.4, -0.2) is 57.1 Å². The fraction of sp³-hybridized carbons (Fsp3) is 0.333. The number of amides is 1. The van der Waals surface area contributed by atoms with Crippen molar-refractivity contribution in [1.82, 2.24) is 19.9 Å². The number of thiophene rings is 1. The first-order valence-electron chi connectivity index (χ1n) is 8.68. The van der Waals surface area contributed by atoms with Gasteiger partial charge in [0.2, 0.25) is 5.95 Å². The molecule has 1 aliphatic rings. The van der Waals surface area contributed by atoms with Gasteiger partial charge < -0.3 is 20.6 Å². The molecule has 1 amide bonds. The van der Waals surface area contributed by atoms with Crippen molar-refractivity contribution in [3.05, 3.63) is 41.9 Å². The zero-order chi connectivity index (χ0) is 19.0. The summed E-state index contributed by atoms with van der Waals surface area (Å²) in [5.74, 6) is 0.206. The lowest BCUT2D eigenvalue weighted by Gasteiger charge is -2.35. The molecule has 3 aromatic heterocycles. The molecule has 3 aromatic rings. The van der Waals surface area contributed by atoms with Gasteiger partial charge in [0.05, 0.1) is 27.4 Å². The predicted molar refractivity (Wildman–Crippen MR) is 105 cm³/mol. The molecule has 1 fully saturated rings. The van der Waals surface area contributed by atoms with E-state index in [1.807, 2.05) is 32.2 Å². The molecule has 27 heavy (non-hydrogen) atoms. The molecule has 140 valence electrons. The molecule has 0 radical (unpaired) electrons. The van der Waals surface area contributed by atoms with Gasteiger partial charge in [0.15, 0.2) is 5.69 Å². The highest BCUT2D eigenvalue weighted by Crippen LogP contribution is 2.32. The average Bonchev–Trinajstić information content (AvgIpc) is 3.08. The zero-order valence-corrected chi connectivity index (χ0v) is 15.8. The Labute approximate surface area is 160 Å². The van der Waals surface area contributed by atoms with Gasteiger partial charge >= 0.3 is 0 Å². The molecule has 9 heteroatoms. The minimum Gasteiger partial charge on any atom is -0.389 e. The lowest BCUT2D eigenvalue weighted by molar-refractivity contribution is 0.00567. The number of nitrogens with zero attached hydrogens (tertiary/aromatic N) is 4. The van der Waals surface area contributed by atoms with Crippen molar-refractivity contribution in [3.63, 3.8) is 0 Å². The maximum atomic E-state index is 12.9. The molecule has 0 aromatic carbocycles. The first-order valence-corrected chi connectivity index (χ1v) is 9.50. The molecule has 4 rings (SSSR count). The van der Waals surface area contributed by atoms with Crippen LogP contribution < -0.4 is 10.6 Å². The summed E-state index contributed by atoms with van der Waals surface area (Å²) in [6, 6.07) is 5.69. The van der Waals surface area contributed by atoms with Crippen LogP contribution >= 0.6 is 11.3 Å². The number of anilines is 2. The van der Waals surface area contributed by atoms with Gasteiger partial charge in [0, 0.05) is 32.5 Å². The molecule has 8 nitrogen and oxygen atoms in total. The van der Waals surface area contributed by atoms with Crippen molar-refractivity contribution >= 4 is 38.4 Å². The van der Waals surface area contributed by atoms with Gasteiger partial charge in [-0.3, -0.25) is 9.78 Å². The molecular weight excluding hydrogens is 364 g/mol. The summed E-state index contributed by atoms with van der Waals surface area (Å²) in [5, 5.41) is 16.8. The van der Waals surface area contributed by atoms with Crippen LogP contribution in [-0.2, 0) is 0 Å². The molecule has 1 atom stereocenters. The van der Waals surface area contributed by atoms with E-state index in [1.165, 1.54) is 11.3 Å². The van der Waals surface area contributed by atoms with E-state index in [9.17, 15) is 9.90 Å². The van der Waals surface area contributed by atoms with Crippen molar-refractivity contribution < 1.29 is 9.90 Å². The van der Waals surface area contributed by atoms with Gasteiger partial charge in [0.25, 0.3) is 5.91 Å². The first kappa shape index (κ1) is 17.6. The van der Waals surface area contributed by atoms with Crippen molar-refractivity contribution in [1.29, 1.82) is 0 Å². The third-order valence-corrected chi connectivity index (χ3v) is 5.65. The highest BCUT2D eigenvalue weighted by Gasteiger charge is 2.32. The lowest BCUT2D eigenvalue weighted by atomic mass is 10.1. The van der Waals surface area contributed by atoms with Crippen LogP contribution in [0.15, 0.2) is 30.6 Å². The van der Waals surface area contributed by atoms with Crippen molar-refractivity contribution in [2.24, 2.45) is 0 Å². The third-order valence-electron chi connectivity index (χ3n) is 4.50. The SMILES string of the molecule is CNc1cc2nc(N[C@@H](C)c3cccnc3)nc(C(=O)N3CC(O)C3)c2s1. The van der Waals surface area contributed by atoms with E-state index < -0.39 is 6.10 Å². The molecule has 0 unspecified atom stereocenters. The maximum Gasteiger partial charge on any atom is 0.274 e. The monoisotopic (exact) mass is 384 g/mol. The number of carbonyl (C=O) groups is 1. The first-order chi connectivity index (χ1) is 13.0. The normalized spacial score (nSPS) is 15.4. The van der Waals surface area contributed by atoms with Gasteiger partial charge in [-0.1, -0.05) is 6.07 Å². The summed E-state index contributed by atoms with van der Waals surface area (Å²) in [4.78, 5) is 27.7. The average molecular weight is 384 g/mol. The minimum atomic E-state index is -0.453. The van der Waals surface area contributed by atoms with Crippen molar-refractivity contribution in [2.75, 3.05) is 30.8 Å². The Kier molecular flexibility index (Phi) is 4.63. The number of hydrogen-bond acceptors (Lipinski definition) is 8. The standard InChI is InChI=1S/C18H20N6O2S/c1-10(11-4-3-5-20-7-11)21-18-22-13-6-14(19-2)27-16(13)15(23-18)17(26)24-8-12(25)9-24/h3-7,10,12,19,25H,8-9H2,1-2H3,(H,21,22,23)/t10-/m0/s1. The fourth-order valence-corrected chi connectivity index (χ4v) is 3.87. The topological polar surface area (TPSA) is 103 Å². The predicted octanol–water partition coefficient (Wildman–Crippen LogP) is 2.12. The molecule has 1 aliphatic heterocycles. The second-order valence-corrected chi connectivity index (χ2v) is 7.54. The van der Waals surface area contributed by atoms with Crippen LogP contribution in [0.4, 0.5) is 10.9 Å². The number of aliphatic hydroxyl groups is 1. The second-order valence-electron chi connectivity index (χ2n) is 6.49. The van der Waals surface area contributed by atoms with Gasteiger partial charge in [-0.05, 0) is 24.6 Å². The van der Waals surface area contributed by atoms with Crippen molar-refractivity contribution in [3.8, 4) is 0 Å². The van der Waals surface area contributed by atoms with Crippen LogP contribution in [0.1, 0.15) is 29.0 Å². The molecule has 1 saturated heterocycles. The van der Waals surface area contributed by atoms with E-state index in [-0.39, 0.29) is 11.9 Å². The number of nitrogens with one attached hydrogen (secondary N) is 2. The van der Waals surface area contributed by atoms with Gasteiger partial charge in [-0.15, -0.1) is 11.3 Å². The molecule has 4 heterocycles. The summed E-state index contributed by atoms with van der Waals surface area (Å²) >= 11 is 1.45. The summed E-state index contributed by atoms with van der Waals surface area (Å²) < 4.78 is 0.741. The second kappa shape index (κ2) is 7.09. The highest BCUT2D eigenvalue weighted by molar-refractivity contribution is 7.23. The highest BCUT2D eigenvalue weighted by atomic mass is 32.1. The van der Waals surface area contributed by atoms with Crippen LogP contribution in [0.25, 0.3) is 10.2 Å². The Morgan fingerprint density at radius 1 is 1.41 bits per heavy atom. The Hall–Kier alpha value is -2.78. The number of hydrogen-bond donors (Lipinski definition) is 3. The molecule has 0 aliphatic carbocycles. The summed E-state index contributed by atoms with van der Waals surface area (Å²) in [7, 11) is 1.83. The number of fused-ring (bicyclic) bond motifs is 1. The van der Waals surface area contributed by atoms with Crippen LogP contribution in [0.5, 0.6) is 0 Å². The van der Waals surface area contributed by atoms with E-state index in [2.05, 4.69) is 25.6 Å². The quantitative estimate of drug-likeness (QED) is 0.619. The van der Waals surface area contributed by atoms with E-state index in [0.29, 0.717) is 30.2 Å². The molecule has 0 spiro atoms. The van der Waals surface area contributed by atoms with E-state index in [4.69, 9.17) is 0 Å². The Balaban J connectivity index is 1.69. The van der Waals surface area contributed by atoms with Crippen molar-refractivity contribution in [2.45, 2.75) is 19.1 Å². The van der Waals surface area contributed by atoms with Crippen LogP contribution in [0.3, 0.4) is 0 Å². The van der Waals surface area contributed by atoms with Gasteiger partial charge in [-0.25, -0.2) is 9.97 Å². The Bertz CT molecular complexity index is 971. The molecule has 0 saturated carbocycles. The minimum absolute atomic E-state index is 0.0626. The lowest BCUT2D eigenvalue weighted by Crippen LogP contribution is -2.53. The molecule has 3 N–H and O–H groups in total.